The normalized spacial score (nSPS) is 12.1. The van der Waals surface area contributed by atoms with Gasteiger partial charge in [0.05, 0.1) is 12.0 Å². The summed E-state index contributed by atoms with van der Waals surface area (Å²) in [5.74, 6) is -0.401. The van der Waals surface area contributed by atoms with Gasteiger partial charge in [-0.1, -0.05) is 6.07 Å². The van der Waals surface area contributed by atoms with Gasteiger partial charge in [0.15, 0.2) is 0 Å². The van der Waals surface area contributed by atoms with Gasteiger partial charge in [0.1, 0.15) is 16.4 Å². The molecule has 9 nitrogen and oxygen atoms in total. The van der Waals surface area contributed by atoms with Crippen LogP contribution in [0.4, 0.5) is 11.4 Å². The molecule has 3 aromatic rings. The Morgan fingerprint density at radius 1 is 0.857 bits per heavy atom. The Hall–Kier alpha value is -2.86. The topological polar surface area (TPSA) is 150 Å². The molecule has 0 bridgehead atoms. The summed E-state index contributed by atoms with van der Waals surface area (Å²) in [4.78, 5) is -0.807. The highest BCUT2D eigenvalue weighted by Gasteiger charge is 2.17. The van der Waals surface area contributed by atoms with Crippen LogP contribution in [0.2, 0.25) is 0 Å². The highest BCUT2D eigenvalue weighted by molar-refractivity contribution is 7.86. The van der Waals surface area contributed by atoms with E-state index < -0.39 is 25.1 Å². The zero-order valence-electron chi connectivity index (χ0n) is 14.3. The van der Waals surface area contributed by atoms with Crippen molar-refractivity contribution in [2.45, 2.75) is 9.79 Å². The molecule has 0 spiro atoms. The zero-order chi connectivity index (χ0) is 20.7. The molecule has 3 aromatic carbocycles. The molecule has 0 saturated carbocycles. The van der Waals surface area contributed by atoms with E-state index in [0.29, 0.717) is 22.1 Å². The van der Waals surface area contributed by atoms with Crippen molar-refractivity contribution in [3.8, 4) is 11.5 Å². The van der Waals surface area contributed by atoms with Gasteiger partial charge in [0.25, 0.3) is 20.2 Å². The van der Waals surface area contributed by atoms with Gasteiger partial charge in [-0.3, -0.25) is 9.11 Å². The fraction of sp³-hybridized carbons (Fsp3) is 0.0588. The molecule has 3 rings (SSSR count). The minimum absolute atomic E-state index is 0.0612. The summed E-state index contributed by atoms with van der Waals surface area (Å²) in [7, 11) is -7.64. The summed E-state index contributed by atoms with van der Waals surface area (Å²) < 4.78 is 68.5. The molecule has 0 aliphatic heterocycles. The van der Waals surface area contributed by atoms with Crippen molar-refractivity contribution < 1.29 is 35.8 Å². The van der Waals surface area contributed by atoms with E-state index >= 15 is 0 Å². The molecule has 0 aliphatic rings. The summed E-state index contributed by atoms with van der Waals surface area (Å²) in [6.07, 6.45) is 0. The molecule has 0 aromatic heterocycles. The van der Waals surface area contributed by atoms with E-state index in [1.807, 2.05) is 0 Å². The third-order valence-corrected chi connectivity index (χ3v) is 5.66. The van der Waals surface area contributed by atoms with E-state index in [-0.39, 0.29) is 16.4 Å². The van der Waals surface area contributed by atoms with E-state index in [0.717, 1.165) is 6.07 Å². The lowest BCUT2D eigenvalue weighted by atomic mass is 10.1. The first kappa shape index (κ1) is 19.9. The van der Waals surface area contributed by atoms with Gasteiger partial charge in [-0.25, -0.2) is 0 Å². The van der Waals surface area contributed by atoms with E-state index in [4.69, 9.17) is 9.29 Å². The number of phenols is 1. The second-order valence-electron chi connectivity index (χ2n) is 5.82. The molecule has 0 heterocycles. The molecule has 0 atom stereocenters. The standard InChI is InChI=1S/C17H15NO8S2/c1-26-16-8-12(4-5-17(16)28(23,24)25)18-11-3-2-10-6-13(27(20,21)22)9-15(19)14(10)7-11/h2-9,18-19H,1H3,(H,20,21,22)(H,23,24,25). The summed E-state index contributed by atoms with van der Waals surface area (Å²) in [6.45, 7) is 0. The number of phenolic OH excluding ortho intramolecular Hbond substituents is 1. The number of ether oxygens (including phenoxy) is 1. The Labute approximate surface area is 160 Å². The molecule has 0 saturated heterocycles. The number of aromatic hydroxyl groups is 1. The van der Waals surface area contributed by atoms with Crippen LogP contribution in [0.15, 0.2) is 58.3 Å². The highest BCUT2D eigenvalue weighted by Crippen LogP contribution is 2.33. The number of rotatable bonds is 5. The van der Waals surface area contributed by atoms with E-state index in [2.05, 4.69) is 5.32 Å². The van der Waals surface area contributed by atoms with Crippen molar-refractivity contribution in [2.75, 3.05) is 12.4 Å². The van der Waals surface area contributed by atoms with Crippen molar-refractivity contribution >= 4 is 42.4 Å². The largest absolute Gasteiger partial charge is 0.507 e. The van der Waals surface area contributed by atoms with Gasteiger partial charge >= 0.3 is 0 Å². The second-order valence-corrected chi connectivity index (χ2v) is 8.63. The third kappa shape index (κ3) is 4.02. The number of fused-ring (bicyclic) bond motifs is 1. The maximum Gasteiger partial charge on any atom is 0.298 e. The van der Waals surface area contributed by atoms with Crippen molar-refractivity contribution in [2.24, 2.45) is 0 Å². The monoisotopic (exact) mass is 425 g/mol. The molecule has 0 fully saturated rings. The quantitative estimate of drug-likeness (QED) is 0.452. The van der Waals surface area contributed by atoms with Crippen LogP contribution in [-0.2, 0) is 20.2 Å². The van der Waals surface area contributed by atoms with Crippen molar-refractivity contribution in [1.29, 1.82) is 0 Å². The lowest BCUT2D eigenvalue weighted by Crippen LogP contribution is -2.02. The molecule has 0 unspecified atom stereocenters. The number of methoxy groups -OCH3 is 1. The van der Waals surface area contributed by atoms with Crippen LogP contribution in [0.5, 0.6) is 11.5 Å². The minimum atomic E-state index is -4.46. The van der Waals surface area contributed by atoms with Gasteiger partial charge in [-0.2, -0.15) is 16.8 Å². The average molecular weight is 425 g/mol. The van der Waals surface area contributed by atoms with Crippen LogP contribution >= 0.6 is 0 Å². The molecule has 148 valence electrons. The number of hydrogen-bond donors (Lipinski definition) is 4. The Balaban J connectivity index is 2.00. The van der Waals surface area contributed by atoms with E-state index in [1.54, 1.807) is 12.1 Å². The lowest BCUT2D eigenvalue weighted by molar-refractivity contribution is 0.398. The fourth-order valence-electron chi connectivity index (χ4n) is 2.66. The predicted octanol–water partition coefficient (Wildman–Crippen LogP) is 2.79. The Morgan fingerprint density at radius 2 is 1.50 bits per heavy atom. The van der Waals surface area contributed by atoms with Gasteiger partial charge in [0, 0.05) is 28.9 Å². The Bertz CT molecular complexity index is 1280. The molecule has 4 N–H and O–H groups in total. The SMILES string of the molecule is COc1cc(Nc2ccc3cc(S(=O)(=O)O)cc(O)c3c2)ccc1S(=O)(=O)O. The number of nitrogens with one attached hydrogen (secondary N) is 1. The number of benzene rings is 3. The van der Waals surface area contributed by atoms with Crippen LogP contribution < -0.4 is 10.1 Å². The predicted molar refractivity (Wildman–Crippen MR) is 102 cm³/mol. The lowest BCUT2D eigenvalue weighted by Gasteiger charge is -2.12. The molecule has 28 heavy (non-hydrogen) atoms. The van der Waals surface area contributed by atoms with Crippen LogP contribution in [0.3, 0.4) is 0 Å². The first-order valence-corrected chi connectivity index (χ1v) is 10.5. The van der Waals surface area contributed by atoms with Crippen molar-refractivity contribution in [3.63, 3.8) is 0 Å². The van der Waals surface area contributed by atoms with Crippen LogP contribution in [0.25, 0.3) is 10.8 Å². The molecule has 0 aliphatic carbocycles. The molecule has 0 amide bonds. The molecule has 0 radical (unpaired) electrons. The van der Waals surface area contributed by atoms with Gasteiger partial charge < -0.3 is 15.2 Å². The van der Waals surface area contributed by atoms with Gasteiger partial charge in [0.2, 0.25) is 0 Å². The number of hydrogen-bond acceptors (Lipinski definition) is 7. The summed E-state index contributed by atoms with van der Waals surface area (Å²) in [5, 5.41) is 13.8. The van der Waals surface area contributed by atoms with E-state index in [9.17, 15) is 26.5 Å². The smallest absolute Gasteiger partial charge is 0.298 e. The highest BCUT2D eigenvalue weighted by atomic mass is 32.2. The fourth-order valence-corrected chi connectivity index (χ4v) is 3.84. The zero-order valence-corrected chi connectivity index (χ0v) is 16.0. The summed E-state index contributed by atoms with van der Waals surface area (Å²) in [6, 6.07) is 10.8. The van der Waals surface area contributed by atoms with Crippen LogP contribution in [-0.4, -0.2) is 38.2 Å². The average Bonchev–Trinajstić information content (AvgIpc) is 2.60. The maximum atomic E-state index is 11.3. The molecular formula is C17H15NO8S2. The minimum Gasteiger partial charge on any atom is -0.507 e. The maximum absolute atomic E-state index is 11.3. The van der Waals surface area contributed by atoms with Crippen molar-refractivity contribution in [3.05, 3.63) is 48.5 Å². The third-order valence-electron chi connectivity index (χ3n) is 3.93. The summed E-state index contributed by atoms with van der Waals surface area (Å²) >= 11 is 0. The van der Waals surface area contributed by atoms with E-state index in [1.165, 1.54) is 37.4 Å². The Morgan fingerprint density at radius 3 is 2.11 bits per heavy atom. The first-order valence-electron chi connectivity index (χ1n) is 7.66. The van der Waals surface area contributed by atoms with Gasteiger partial charge in [-0.15, -0.1) is 0 Å². The van der Waals surface area contributed by atoms with Crippen molar-refractivity contribution in [1.82, 2.24) is 0 Å². The summed E-state index contributed by atoms with van der Waals surface area (Å²) in [5.41, 5.74) is 0.946. The molecular weight excluding hydrogens is 410 g/mol. The molecule has 11 heteroatoms. The Kier molecular flexibility index (Phi) is 4.93. The van der Waals surface area contributed by atoms with Crippen LogP contribution in [0, 0.1) is 0 Å². The van der Waals surface area contributed by atoms with Gasteiger partial charge in [-0.05, 0) is 35.7 Å². The first-order chi connectivity index (χ1) is 13.0. The second kappa shape index (κ2) is 6.95. The van der Waals surface area contributed by atoms with Crippen LogP contribution in [0.1, 0.15) is 0 Å². The number of anilines is 2.